The summed E-state index contributed by atoms with van der Waals surface area (Å²) in [4.78, 5) is 32.8. The van der Waals surface area contributed by atoms with E-state index >= 15 is 0 Å². The van der Waals surface area contributed by atoms with Crippen molar-refractivity contribution in [3.63, 3.8) is 0 Å². The SMILES string of the molecule is O=c1[nH]c(=O)n(Cc2ccccc2)c2nc(-c3cccc(O)c3)n(C[C@@H]3CCCO3)c12. The number of aromatic amines is 1. The van der Waals surface area contributed by atoms with E-state index in [1.165, 1.54) is 4.57 Å². The van der Waals surface area contributed by atoms with Crippen molar-refractivity contribution >= 4 is 11.2 Å². The molecule has 0 saturated carbocycles. The molecule has 31 heavy (non-hydrogen) atoms. The van der Waals surface area contributed by atoms with Gasteiger partial charge in [0, 0.05) is 12.2 Å². The van der Waals surface area contributed by atoms with Crippen LogP contribution in [0.15, 0.2) is 64.2 Å². The Morgan fingerprint density at radius 2 is 1.94 bits per heavy atom. The van der Waals surface area contributed by atoms with Gasteiger partial charge in [-0.3, -0.25) is 14.3 Å². The lowest BCUT2D eigenvalue weighted by molar-refractivity contribution is 0.0982. The number of benzene rings is 2. The molecule has 2 N–H and O–H groups in total. The number of ether oxygens (including phenoxy) is 1. The molecule has 0 amide bonds. The number of phenols is 1. The zero-order chi connectivity index (χ0) is 21.4. The quantitative estimate of drug-likeness (QED) is 0.518. The number of aromatic hydroxyl groups is 1. The first kappa shape index (κ1) is 19.3. The zero-order valence-electron chi connectivity index (χ0n) is 16.8. The summed E-state index contributed by atoms with van der Waals surface area (Å²) >= 11 is 0. The predicted octanol–water partition coefficient (Wildman–Crippen LogP) is 2.49. The van der Waals surface area contributed by atoms with Gasteiger partial charge in [-0.15, -0.1) is 0 Å². The Hall–Kier alpha value is -3.65. The lowest BCUT2D eigenvalue weighted by Crippen LogP contribution is -2.32. The summed E-state index contributed by atoms with van der Waals surface area (Å²) < 4.78 is 9.08. The van der Waals surface area contributed by atoms with Crippen molar-refractivity contribution in [1.29, 1.82) is 0 Å². The van der Waals surface area contributed by atoms with Gasteiger partial charge in [-0.2, -0.15) is 0 Å². The van der Waals surface area contributed by atoms with Gasteiger partial charge >= 0.3 is 5.69 Å². The Morgan fingerprint density at radius 3 is 2.68 bits per heavy atom. The zero-order valence-corrected chi connectivity index (χ0v) is 16.8. The van der Waals surface area contributed by atoms with Crippen molar-refractivity contribution < 1.29 is 9.84 Å². The fraction of sp³-hybridized carbons (Fsp3) is 0.261. The second-order valence-electron chi connectivity index (χ2n) is 7.73. The molecule has 0 aliphatic carbocycles. The molecule has 8 nitrogen and oxygen atoms in total. The van der Waals surface area contributed by atoms with Gasteiger partial charge in [0.2, 0.25) is 0 Å². The molecule has 0 spiro atoms. The van der Waals surface area contributed by atoms with Crippen LogP contribution in [0.25, 0.3) is 22.6 Å². The van der Waals surface area contributed by atoms with Crippen LogP contribution in [0, 0.1) is 0 Å². The van der Waals surface area contributed by atoms with Crippen molar-refractivity contribution in [2.75, 3.05) is 6.61 Å². The fourth-order valence-electron chi connectivity index (χ4n) is 4.12. The Kier molecular flexibility index (Phi) is 4.91. The van der Waals surface area contributed by atoms with E-state index in [2.05, 4.69) is 4.98 Å². The number of H-pyrrole nitrogens is 1. The summed E-state index contributed by atoms with van der Waals surface area (Å²) in [7, 11) is 0. The number of hydrogen-bond donors (Lipinski definition) is 2. The molecule has 1 fully saturated rings. The molecular formula is C23H22N4O4. The van der Waals surface area contributed by atoms with E-state index in [0.717, 1.165) is 18.4 Å². The maximum Gasteiger partial charge on any atom is 0.330 e. The molecular weight excluding hydrogens is 396 g/mol. The number of aromatic nitrogens is 4. The molecule has 0 radical (unpaired) electrons. The predicted molar refractivity (Wildman–Crippen MR) is 116 cm³/mol. The molecule has 4 aromatic rings. The van der Waals surface area contributed by atoms with Gasteiger partial charge in [-0.05, 0) is 30.5 Å². The van der Waals surface area contributed by atoms with Crippen molar-refractivity contribution in [2.45, 2.75) is 32.0 Å². The van der Waals surface area contributed by atoms with E-state index in [4.69, 9.17) is 9.72 Å². The second kappa shape index (κ2) is 7.88. The van der Waals surface area contributed by atoms with Crippen LogP contribution in [0.3, 0.4) is 0 Å². The first-order valence-corrected chi connectivity index (χ1v) is 10.3. The van der Waals surface area contributed by atoms with Crippen LogP contribution >= 0.6 is 0 Å². The minimum Gasteiger partial charge on any atom is -0.508 e. The van der Waals surface area contributed by atoms with Crippen molar-refractivity contribution in [1.82, 2.24) is 19.1 Å². The third-order valence-corrected chi connectivity index (χ3v) is 5.58. The molecule has 158 valence electrons. The molecule has 1 aliphatic heterocycles. The third-order valence-electron chi connectivity index (χ3n) is 5.58. The van der Waals surface area contributed by atoms with Crippen LogP contribution in [-0.4, -0.2) is 36.9 Å². The molecule has 2 aromatic carbocycles. The second-order valence-corrected chi connectivity index (χ2v) is 7.73. The molecule has 1 atom stereocenters. The van der Waals surface area contributed by atoms with Crippen LogP contribution in [0.2, 0.25) is 0 Å². The average molecular weight is 418 g/mol. The van der Waals surface area contributed by atoms with Gasteiger partial charge in [-0.1, -0.05) is 42.5 Å². The van der Waals surface area contributed by atoms with Gasteiger partial charge in [0.25, 0.3) is 5.56 Å². The first-order chi connectivity index (χ1) is 15.1. The summed E-state index contributed by atoms with van der Waals surface area (Å²) in [5.41, 5.74) is 1.22. The van der Waals surface area contributed by atoms with Crippen LogP contribution in [0.5, 0.6) is 5.75 Å². The maximum absolute atomic E-state index is 12.9. The molecule has 3 heterocycles. The molecule has 5 rings (SSSR count). The van der Waals surface area contributed by atoms with Gasteiger partial charge in [0.1, 0.15) is 11.6 Å². The van der Waals surface area contributed by atoms with Gasteiger partial charge in [0.05, 0.1) is 19.2 Å². The maximum atomic E-state index is 12.9. The van der Waals surface area contributed by atoms with Crippen molar-refractivity contribution in [3.05, 3.63) is 81.0 Å². The van der Waals surface area contributed by atoms with Crippen LogP contribution in [-0.2, 0) is 17.8 Å². The molecule has 2 aromatic heterocycles. The Labute approximate surface area is 177 Å². The van der Waals surface area contributed by atoms with Crippen molar-refractivity contribution in [2.24, 2.45) is 0 Å². The van der Waals surface area contributed by atoms with Crippen molar-refractivity contribution in [3.8, 4) is 17.1 Å². The van der Waals surface area contributed by atoms with Gasteiger partial charge in [0.15, 0.2) is 11.2 Å². The van der Waals surface area contributed by atoms with Gasteiger partial charge in [-0.25, -0.2) is 9.78 Å². The Bertz CT molecular complexity index is 1350. The molecule has 1 saturated heterocycles. The number of nitrogens with one attached hydrogen (secondary N) is 1. The number of nitrogens with zero attached hydrogens (tertiary/aromatic N) is 3. The van der Waals surface area contributed by atoms with Crippen LogP contribution in [0.4, 0.5) is 0 Å². The Balaban J connectivity index is 1.74. The number of fused-ring (bicyclic) bond motifs is 1. The highest BCUT2D eigenvalue weighted by Gasteiger charge is 2.24. The van der Waals surface area contributed by atoms with E-state index in [9.17, 15) is 14.7 Å². The van der Waals surface area contributed by atoms with E-state index in [-0.39, 0.29) is 18.4 Å². The summed E-state index contributed by atoms with van der Waals surface area (Å²) in [5.74, 6) is 0.614. The average Bonchev–Trinajstić information content (AvgIpc) is 3.40. The van der Waals surface area contributed by atoms with E-state index < -0.39 is 11.2 Å². The van der Waals surface area contributed by atoms with E-state index in [1.54, 1.807) is 22.8 Å². The first-order valence-electron chi connectivity index (χ1n) is 10.3. The molecule has 0 bridgehead atoms. The molecule has 0 unspecified atom stereocenters. The monoisotopic (exact) mass is 418 g/mol. The summed E-state index contributed by atoms with van der Waals surface area (Å²) in [6.45, 7) is 1.41. The minimum atomic E-state index is -0.509. The molecule has 8 heteroatoms. The summed E-state index contributed by atoms with van der Waals surface area (Å²) in [6, 6.07) is 16.3. The summed E-state index contributed by atoms with van der Waals surface area (Å²) in [6.07, 6.45) is 1.82. The van der Waals surface area contributed by atoms with Crippen LogP contribution in [0.1, 0.15) is 18.4 Å². The minimum absolute atomic E-state index is 0.0395. The topological polar surface area (TPSA) is 102 Å². The third kappa shape index (κ3) is 3.66. The molecule has 1 aliphatic rings. The normalized spacial score (nSPS) is 16.2. The highest BCUT2D eigenvalue weighted by atomic mass is 16.5. The summed E-state index contributed by atoms with van der Waals surface area (Å²) in [5, 5.41) is 9.99. The number of rotatable bonds is 5. The Morgan fingerprint density at radius 1 is 1.10 bits per heavy atom. The number of imidazole rings is 1. The fourth-order valence-corrected chi connectivity index (χ4v) is 4.12. The largest absolute Gasteiger partial charge is 0.508 e. The standard InChI is InChI=1S/C23H22N4O4/c28-17-9-4-8-16(12-17)20-24-21-19(26(20)14-18-10-5-11-31-18)22(29)25-23(30)27(21)13-15-6-2-1-3-7-15/h1-4,6-9,12,18,28H,5,10-11,13-14H2,(H,25,29,30)/t18-/m0/s1. The highest BCUT2D eigenvalue weighted by molar-refractivity contribution is 5.77. The van der Waals surface area contributed by atoms with E-state index in [0.29, 0.717) is 35.7 Å². The number of hydrogen-bond acceptors (Lipinski definition) is 5. The highest BCUT2D eigenvalue weighted by Crippen LogP contribution is 2.27. The lowest BCUT2D eigenvalue weighted by Gasteiger charge is -2.14. The lowest BCUT2D eigenvalue weighted by atomic mass is 10.2. The van der Waals surface area contributed by atoms with Crippen LogP contribution < -0.4 is 11.2 Å². The smallest absolute Gasteiger partial charge is 0.330 e. The number of phenolic OH excluding ortho intramolecular Hbond substituents is 1. The van der Waals surface area contributed by atoms with E-state index in [1.807, 2.05) is 36.4 Å². The van der Waals surface area contributed by atoms with Gasteiger partial charge < -0.3 is 14.4 Å².